The Morgan fingerprint density at radius 1 is 1.26 bits per heavy atom. The van der Waals surface area contributed by atoms with Gasteiger partial charge in [-0.25, -0.2) is 4.79 Å². The molecule has 0 radical (unpaired) electrons. The predicted octanol–water partition coefficient (Wildman–Crippen LogP) is 3.53. The lowest BCUT2D eigenvalue weighted by Gasteiger charge is -2.17. The molecule has 146 valence electrons. The molecule has 3 rings (SSSR count). The van der Waals surface area contributed by atoms with Crippen LogP contribution in [-0.4, -0.2) is 36.8 Å². The van der Waals surface area contributed by atoms with Gasteiger partial charge in [0.1, 0.15) is 0 Å². The zero-order chi connectivity index (χ0) is 19.2. The van der Waals surface area contributed by atoms with Crippen molar-refractivity contribution < 1.29 is 19.1 Å². The second-order valence-corrected chi connectivity index (χ2v) is 7.73. The van der Waals surface area contributed by atoms with Crippen molar-refractivity contribution in [3.05, 3.63) is 28.6 Å². The number of esters is 1. The highest BCUT2D eigenvalue weighted by Crippen LogP contribution is 2.25. The minimum atomic E-state index is -0.340. The molecule has 0 aliphatic heterocycles. The number of hydrogen-bond acceptors (Lipinski definition) is 5. The van der Waals surface area contributed by atoms with E-state index in [4.69, 9.17) is 9.47 Å². The largest absolute Gasteiger partial charge is 0.462 e. The maximum atomic E-state index is 12.7. The fraction of sp³-hybridized carbons (Fsp3) is 0.550. The van der Waals surface area contributed by atoms with Crippen LogP contribution < -0.4 is 4.80 Å². The van der Waals surface area contributed by atoms with Crippen molar-refractivity contribution in [3.8, 4) is 0 Å². The SMILES string of the molecule is CCOC(=O)c1ccc2c(c1)sc(=NC(=O)C1CCCCC1)n2CCOC. The number of fused-ring (bicyclic) bond motifs is 1. The van der Waals surface area contributed by atoms with Gasteiger partial charge in [-0.15, -0.1) is 0 Å². The summed E-state index contributed by atoms with van der Waals surface area (Å²) in [7, 11) is 1.65. The summed E-state index contributed by atoms with van der Waals surface area (Å²) in [6.07, 6.45) is 5.27. The van der Waals surface area contributed by atoms with Gasteiger partial charge < -0.3 is 14.0 Å². The van der Waals surface area contributed by atoms with E-state index in [9.17, 15) is 9.59 Å². The minimum absolute atomic E-state index is 0.0296. The van der Waals surface area contributed by atoms with Gasteiger partial charge in [0.05, 0.1) is 29.0 Å². The minimum Gasteiger partial charge on any atom is -0.462 e. The first kappa shape index (κ1) is 19.8. The van der Waals surface area contributed by atoms with Crippen molar-refractivity contribution in [2.24, 2.45) is 10.9 Å². The van der Waals surface area contributed by atoms with E-state index in [2.05, 4.69) is 4.99 Å². The van der Waals surface area contributed by atoms with Crippen LogP contribution in [0.3, 0.4) is 0 Å². The molecule has 1 aromatic heterocycles. The van der Waals surface area contributed by atoms with Crippen LogP contribution in [0.5, 0.6) is 0 Å². The number of ether oxygens (including phenoxy) is 2. The summed E-state index contributed by atoms with van der Waals surface area (Å²) in [6.45, 7) is 3.25. The summed E-state index contributed by atoms with van der Waals surface area (Å²) < 4.78 is 13.2. The van der Waals surface area contributed by atoms with Crippen molar-refractivity contribution in [3.63, 3.8) is 0 Å². The van der Waals surface area contributed by atoms with Crippen LogP contribution in [0.2, 0.25) is 0 Å². The third-order valence-electron chi connectivity index (χ3n) is 4.87. The molecule has 1 fully saturated rings. The van der Waals surface area contributed by atoms with E-state index in [1.54, 1.807) is 20.1 Å². The maximum absolute atomic E-state index is 12.7. The van der Waals surface area contributed by atoms with Crippen molar-refractivity contribution in [1.29, 1.82) is 0 Å². The van der Waals surface area contributed by atoms with E-state index in [1.165, 1.54) is 17.8 Å². The summed E-state index contributed by atoms with van der Waals surface area (Å²) in [5.41, 5.74) is 1.45. The Morgan fingerprint density at radius 2 is 2.04 bits per heavy atom. The molecule has 1 aromatic carbocycles. The predicted molar refractivity (Wildman–Crippen MR) is 105 cm³/mol. The summed E-state index contributed by atoms with van der Waals surface area (Å²) in [5, 5.41) is 0. The van der Waals surface area contributed by atoms with Gasteiger partial charge in [-0.05, 0) is 38.0 Å². The highest BCUT2D eigenvalue weighted by molar-refractivity contribution is 7.16. The molecule has 1 aliphatic carbocycles. The average Bonchev–Trinajstić information content (AvgIpc) is 3.03. The Balaban J connectivity index is 2.00. The van der Waals surface area contributed by atoms with E-state index >= 15 is 0 Å². The van der Waals surface area contributed by atoms with Crippen LogP contribution >= 0.6 is 11.3 Å². The molecule has 0 unspecified atom stereocenters. The van der Waals surface area contributed by atoms with Gasteiger partial charge in [-0.3, -0.25) is 4.79 Å². The highest BCUT2D eigenvalue weighted by atomic mass is 32.1. The third-order valence-corrected chi connectivity index (χ3v) is 5.91. The van der Waals surface area contributed by atoms with E-state index in [1.807, 2.05) is 16.7 Å². The lowest BCUT2D eigenvalue weighted by molar-refractivity contribution is -0.122. The van der Waals surface area contributed by atoms with Gasteiger partial charge >= 0.3 is 5.97 Å². The molecule has 0 saturated heterocycles. The molecule has 0 spiro atoms. The lowest BCUT2D eigenvalue weighted by atomic mass is 9.89. The van der Waals surface area contributed by atoms with E-state index < -0.39 is 0 Å². The topological polar surface area (TPSA) is 69.9 Å². The van der Waals surface area contributed by atoms with Crippen LogP contribution in [0.4, 0.5) is 0 Å². The van der Waals surface area contributed by atoms with E-state index in [-0.39, 0.29) is 17.8 Å². The van der Waals surface area contributed by atoms with Crippen LogP contribution in [-0.2, 0) is 20.8 Å². The van der Waals surface area contributed by atoms with Crippen molar-refractivity contribution in [2.75, 3.05) is 20.3 Å². The van der Waals surface area contributed by atoms with Crippen LogP contribution in [0.15, 0.2) is 23.2 Å². The zero-order valence-corrected chi connectivity index (χ0v) is 16.7. The van der Waals surface area contributed by atoms with Gasteiger partial charge in [-0.2, -0.15) is 4.99 Å². The molecule has 2 aromatic rings. The summed E-state index contributed by atoms with van der Waals surface area (Å²) in [4.78, 5) is 29.8. The Bertz CT molecular complexity index is 878. The van der Waals surface area contributed by atoms with E-state index in [0.717, 1.165) is 35.9 Å². The van der Waals surface area contributed by atoms with Crippen molar-refractivity contribution in [1.82, 2.24) is 4.57 Å². The van der Waals surface area contributed by atoms with Gasteiger partial charge in [0.25, 0.3) is 5.91 Å². The highest BCUT2D eigenvalue weighted by Gasteiger charge is 2.21. The number of hydrogen-bond donors (Lipinski definition) is 0. The number of carbonyl (C=O) groups is 2. The Kier molecular flexibility index (Phi) is 6.79. The van der Waals surface area contributed by atoms with Crippen LogP contribution in [0.1, 0.15) is 49.4 Å². The molecule has 0 atom stereocenters. The molecule has 1 aliphatic rings. The number of rotatable bonds is 6. The number of benzene rings is 1. The summed E-state index contributed by atoms with van der Waals surface area (Å²) in [6, 6.07) is 5.45. The Labute approximate surface area is 162 Å². The van der Waals surface area contributed by atoms with Gasteiger partial charge in [0.15, 0.2) is 4.80 Å². The zero-order valence-electron chi connectivity index (χ0n) is 15.9. The first-order valence-electron chi connectivity index (χ1n) is 9.52. The summed E-state index contributed by atoms with van der Waals surface area (Å²) in [5.74, 6) is -0.332. The summed E-state index contributed by atoms with van der Waals surface area (Å²) >= 11 is 1.43. The monoisotopic (exact) mass is 390 g/mol. The Hall–Kier alpha value is -1.99. The smallest absolute Gasteiger partial charge is 0.338 e. The standard InChI is InChI=1S/C20H26N2O4S/c1-3-26-19(24)15-9-10-16-17(13-15)27-20(22(16)11-12-25-2)21-18(23)14-7-5-4-6-8-14/h9-10,13-14H,3-8,11-12H2,1-2H3. The fourth-order valence-corrected chi connectivity index (χ4v) is 4.53. The van der Waals surface area contributed by atoms with Crippen molar-refractivity contribution >= 4 is 33.4 Å². The molecule has 6 nitrogen and oxygen atoms in total. The molecule has 0 N–H and O–H groups in total. The van der Waals surface area contributed by atoms with Crippen LogP contribution in [0.25, 0.3) is 10.2 Å². The van der Waals surface area contributed by atoms with Crippen molar-refractivity contribution in [2.45, 2.75) is 45.6 Å². The molecular formula is C20H26N2O4S. The van der Waals surface area contributed by atoms with Gasteiger partial charge in [0, 0.05) is 19.6 Å². The quantitative estimate of drug-likeness (QED) is 0.708. The van der Waals surface area contributed by atoms with Crippen LogP contribution in [0, 0.1) is 5.92 Å². The molecule has 1 amide bonds. The molecule has 1 saturated carbocycles. The lowest BCUT2D eigenvalue weighted by Crippen LogP contribution is -2.23. The second-order valence-electron chi connectivity index (χ2n) is 6.72. The maximum Gasteiger partial charge on any atom is 0.338 e. The number of nitrogens with zero attached hydrogens (tertiary/aromatic N) is 2. The molecule has 1 heterocycles. The number of thiazole rings is 1. The first-order chi connectivity index (χ1) is 13.1. The molecular weight excluding hydrogens is 364 g/mol. The third kappa shape index (κ3) is 4.65. The first-order valence-corrected chi connectivity index (χ1v) is 10.3. The van der Waals surface area contributed by atoms with E-state index in [0.29, 0.717) is 30.1 Å². The normalized spacial score (nSPS) is 16.0. The number of methoxy groups -OCH3 is 1. The Morgan fingerprint density at radius 3 is 2.74 bits per heavy atom. The van der Waals surface area contributed by atoms with Gasteiger partial charge in [-0.1, -0.05) is 30.6 Å². The fourth-order valence-electron chi connectivity index (χ4n) is 3.43. The number of carbonyl (C=O) groups excluding carboxylic acids is 2. The molecule has 0 bridgehead atoms. The number of aromatic nitrogens is 1. The number of amides is 1. The molecule has 7 heteroatoms. The average molecular weight is 391 g/mol. The van der Waals surface area contributed by atoms with Gasteiger partial charge in [0.2, 0.25) is 0 Å². The molecule has 27 heavy (non-hydrogen) atoms. The second kappa shape index (κ2) is 9.28.